The van der Waals surface area contributed by atoms with Crippen LogP contribution in [0.3, 0.4) is 0 Å². The van der Waals surface area contributed by atoms with Crippen LogP contribution in [0.25, 0.3) is 0 Å². The second-order valence-electron chi connectivity index (χ2n) is 6.29. The lowest BCUT2D eigenvalue weighted by Gasteiger charge is -2.42. The van der Waals surface area contributed by atoms with Crippen molar-refractivity contribution in [3.05, 3.63) is 12.2 Å². The molecule has 3 nitrogen and oxygen atoms in total. The maximum atomic E-state index is 4.76. The Kier molecular flexibility index (Phi) is 5.17. The molecule has 3 heteroatoms. The van der Waals surface area contributed by atoms with Crippen molar-refractivity contribution in [3.63, 3.8) is 0 Å². The van der Waals surface area contributed by atoms with Crippen molar-refractivity contribution in [2.75, 3.05) is 33.7 Å². The maximum absolute atomic E-state index is 4.76. The van der Waals surface area contributed by atoms with Crippen molar-refractivity contribution < 1.29 is 0 Å². The molecular weight excluding hydrogens is 234 g/mol. The predicted molar refractivity (Wildman–Crippen MR) is 82.7 cm³/mol. The summed E-state index contributed by atoms with van der Waals surface area (Å²) in [7, 11) is 4.34. The second-order valence-corrected chi connectivity index (χ2v) is 6.29. The molecule has 2 rings (SSSR count). The van der Waals surface area contributed by atoms with E-state index in [0.29, 0.717) is 0 Å². The number of hydrogen-bond donors (Lipinski definition) is 0. The summed E-state index contributed by atoms with van der Waals surface area (Å²) in [6, 6.07) is 0. The molecule has 2 aliphatic rings. The van der Waals surface area contributed by atoms with Gasteiger partial charge in [0.15, 0.2) is 0 Å². The molecule has 2 aliphatic heterocycles. The standard InChI is InChI=1S/C16H29N3/c1-4-9-16(10-5-11-17-16)19-13-7-15(8-14-19)6-12-18(2)3/h5,10-11,15H,4,6-9,12-14H2,1-3H3. The van der Waals surface area contributed by atoms with Gasteiger partial charge in [-0.25, -0.2) is 0 Å². The summed E-state index contributed by atoms with van der Waals surface area (Å²) in [6.45, 7) is 5.90. The van der Waals surface area contributed by atoms with E-state index in [0.717, 1.165) is 12.3 Å². The Morgan fingerprint density at radius 2 is 2.05 bits per heavy atom. The summed E-state index contributed by atoms with van der Waals surface area (Å²) < 4.78 is 0. The fourth-order valence-corrected chi connectivity index (χ4v) is 3.32. The number of aliphatic imine (C=N–C) groups is 1. The molecule has 0 N–H and O–H groups in total. The summed E-state index contributed by atoms with van der Waals surface area (Å²) in [5.41, 5.74) is 0.00126. The second kappa shape index (κ2) is 6.67. The van der Waals surface area contributed by atoms with Crippen molar-refractivity contribution in [1.82, 2.24) is 9.80 Å². The van der Waals surface area contributed by atoms with Gasteiger partial charge in [0.25, 0.3) is 0 Å². The van der Waals surface area contributed by atoms with E-state index in [1.807, 2.05) is 6.21 Å². The molecule has 1 saturated heterocycles. The van der Waals surface area contributed by atoms with E-state index >= 15 is 0 Å². The molecule has 1 fully saturated rings. The molecule has 0 aliphatic carbocycles. The smallest absolute Gasteiger partial charge is 0.132 e. The first-order valence-electron chi connectivity index (χ1n) is 7.79. The van der Waals surface area contributed by atoms with E-state index in [-0.39, 0.29) is 5.66 Å². The van der Waals surface area contributed by atoms with Gasteiger partial charge in [0.1, 0.15) is 5.66 Å². The Bertz CT molecular complexity index is 313. The average Bonchev–Trinajstić information content (AvgIpc) is 2.87. The van der Waals surface area contributed by atoms with Crippen LogP contribution in [0, 0.1) is 5.92 Å². The number of rotatable bonds is 6. The lowest BCUT2D eigenvalue weighted by atomic mass is 9.90. The Balaban J connectivity index is 1.85. The van der Waals surface area contributed by atoms with Gasteiger partial charge < -0.3 is 4.90 Å². The van der Waals surface area contributed by atoms with E-state index in [1.165, 1.54) is 45.3 Å². The molecule has 0 spiro atoms. The van der Waals surface area contributed by atoms with Crippen molar-refractivity contribution in [1.29, 1.82) is 0 Å². The quantitative estimate of drug-likeness (QED) is 0.734. The highest BCUT2D eigenvalue weighted by Crippen LogP contribution is 2.32. The Morgan fingerprint density at radius 3 is 2.58 bits per heavy atom. The summed E-state index contributed by atoms with van der Waals surface area (Å²) in [5.74, 6) is 0.909. The van der Waals surface area contributed by atoms with Crippen molar-refractivity contribution in [3.8, 4) is 0 Å². The minimum absolute atomic E-state index is 0.00126. The van der Waals surface area contributed by atoms with Gasteiger partial charge in [0.2, 0.25) is 0 Å². The number of hydrogen-bond acceptors (Lipinski definition) is 3. The van der Waals surface area contributed by atoms with Crippen molar-refractivity contribution in [2.45, 2.75) is 44.7 Å². The minimum atomic E-state index is 0.00126. The molecule has 0 amide bonds. The summed E-state index contributed by atoms with van der Waals surface area (Å²) in [5, 5.41) is 0. The van der Waals surface area contributed by atoms with Gasteiger partial charge in [-0.3, -0.25) is 9.89 Å². The van der Waals surface area contributed by atoms with Crippen LogP contribution in [-0.2, 0) is 0 Å². The van der Waals surface area contributed by atoms with Gasteiger partial charge in [0.05, 0.1) is 0 Å². The minimum Gasteiger partial charge on any atom is -0.309 e. The van der Waals surface area contributed by atoms with Gasteiger partial charge >= 0.3 is 0 Å². The van der Waals surface area contributed by atoms with Crippen LogP contribution in [-0.4, -0.2) is 55.4 Å². The molecule has 1 atom stereocenters. The molecule has 0 radical (unpaired) electrons. The first-order chi connectivity index (χ1) is 9.16. The van der Waals surface area contributed by atoms with Crippen LogP contribution in [0.5, 0.6) is 0 Å². The van der Waals surface area contributed by atoms with Gasteiger partial charge in [-0.1, -0.05) is 13.3 Å². The van der Waals surface area contributed by atoms with Gasteiger partial charge in [-0.15, -0.1) is 0 Å². The first kappa shape index (κ1) is 14.7. The Labute approximate surface area is 118 Å². The fourth-order valence-electron chi connectivity index (χ4n) is 3.32. The molecule has 0 aromatic carbocycles. The van der Waals surface area contributed by atoms with Crippen LogP contribution >= 0.6 is 0 Å². The molecule has 0 aromatic rings. The summed E-state index contributed by atoms with van der Waals surface area (Å²) >= 11 is 0. The molecule has 1 unspecified atom stereocenters. The number of piperidine rings is 1. The predicted octanol–water partition coefficient (Wildman–Crippen LogP) is 2.79. The van der Waals surface area contributed by atoms with Crippen LogP contribution in [0.4, 0.5) is 0 Å². The summed E-state index contributed by atoms with van der Waals surface area (Å²) in [4.78, 5) is 9.66. The largest absolute Gasteiger partial charge is 0.309 e. The highest BCUT2D eigenvalue weighted by atomic mass is 15.3. The topological polar surface area (TPSA) is 18.8 Å². The van der Waals surface area contributed by atoms with Crippen LogP contribution in [0.2, 0.25) is 0 Å². The number of allylic oxidation sites excluding steroid dienone is 1. The van der Waals surface area contributed by atoms with Crippen LogP contribution < -0.4 is 0 Å². The van der Waals surface area contributed by atoms with Gasteiger partial charge in [-0.2, -0.15) is 0 Å². The lowest BCUT2D eigenvalue weighted by molar-refractivity contribution is 0.0792. The van der Waals surface area contributed by atoms with E-state index in [4.69, 9.17) is 4.99 Å². The average molecular weight is 263 g/mol. The van der Waals surface area contributed by atoms with E-state index < -0.39 is 0 Å². The zero-order valence-corrected chi connectivity index (χ0v) is 12.8. The SMILES string of the molecule is CCCC1(N2CCC(CCN(C)C)CC2)C=CC=N1. The number of likely N-dealkylation sites (tertiary alicyclic amines) is 1. The lowest BCUT2D eigenvalue weighted by Crippen LogP contribution is -2.49. The Hall–Kier alpha value is -0.670. The molecule has 2 heterocycles. The Morgan fingerprint density at radius 1 is 1.32 bits per heavy atom. The third-order valence-corrected chi connectivity index (χ3v) is 4.51. The third kappa shape index (κ3) is 3.67. The summed E-state index contributed by atoms with van der Waals surface area (Å²) in [6.07, 6.45) is 12.8. The molecule has 0 bridgehead atoms. The van der Waals surface area contributed by atoms with E-state index in [1.54, 1.807) is 0 Å². The fraction of sp³-hybridized carbons (Fsp3) is 0.812. The van der Waals surface area contributed by atoms with Crippen LogP contribution in [0.15, 0.2) is 17.1 Å². The van der Waals surface area contributed by atoms with E-state index in [2.05, 4.69) is 43.0 Å². The zero-order chi connectivity index (χ0) is 13.7. The molecule has 0 aromatic heterocycles. The third-order valence-electron chi connectivity index (χ3n) is 4.51. The molecule has 0 saturated carbocycles. The monoisotopic (exact) mass is 263 g/mol. The van der Waals surface area contributed by atoms with Crippen molar-refractivity contribution in [2.24, 2.45) is 10.9 Å². The molecular formula is C16H29N3. The maximum Gasteiger partial charge on any atom is 0.132 e. The highest BCUT2D eigenvalue weighted by molar-refractivity contribution is 5.75. The molecule has 108 valence electrons. The van der Waals surface area contributed by atoms with Crippen LogP contribution in [0.1, 0.15) is 39.0 Å². The highest BCUT2D eigenvalue weighted by Gasteiger charge is 2.36. The molecule has 19 heavy (non-hydrogen) atoms. The van der Waals surface area contributed by atoms with Gasteiger partial charge in [-0.05, 0) is 64.4 Å². The van der Waals surface area contributed by atoms with Crippen molar-refractivity contribution >= 4 is 6.21 Å². The van der Waals surface area contributed by atoms with Gasteiger partial charge in [0, 0.05) is 19.3 Å². The zero-order valence-electron chi connectivity index (χ0n) is 12.8. The van der Waals surface area contributed by atoms with E-state index in [9.17, 15) is 0 Å². The first-order valence-corrected chi connectivity index (χ1v) is 7.79. The normalized spacial score (nSPS) is 28.6. The number of nitrogens with zero attached hydrogens (tertiary/aromatic N) is 3.